The van der Waals surface area contributed by atoms with E-state index in [0.717, 1.165) is 12.1 Å². The summed E-state index contributed by atoms with van der Waals surface area (Å²) in [7, 11) is 0. The van der Waals surface area contributed by atoms with Gasteiger partial charge < -0.3 is 9.84 Å². The minimum atomic E-state index is -2.01. The van der Waals surface area contributed by atoms with Crippen LogP contribution in [0.15, 0.2) is 5.95 Å². The molecule has 0 aliphatic rings. The third-order valence-electron chi connectivity index (χ3n) is 2.22. The molecule has 0 aliphatic heterocycles. The first-order valence-electron chi connectivity index (χ1n) is 5.11. The molecule has 104 valence electrons. The summed E-state index contributed by atoms with van der Waals surface area (Å²) < 4.78 is 58.3. The third-order valence-corrected chi connectivity index (χ3v) is 2.22. The molecule has 21 heavy (non-hydrogen) atoms. The van der Waals surface area contributed by atoms with Gasteiger partial charge in [0.15, 0.2) is 23.3 Å². The van der Waals surface area contributed by atoms with Crippen LogP contribution in [0.5, 0.6) is 0 Å². The fourth-order valence-corrected chi connectivity index (χ4v) is 1.36. The number of rotatable bonds is 3. The molecule has 0 aliphatic carbocycles. The van der Waals surface area contributed by atoms with E-state index < -0.39 is 45.9 Å². The van der Waals surface area contributed by atoms with E-state index in [9.17, 15) is 22.7 Å². The normalized spacial score (nSPS) is 10.8. The predicted octanol–water partition coefficient (Wildman–Crippen LogP) is -1.29. The molecule has 0 aromatic heterocycles. The van der Waals surface area contributed by atoms with Gasteiger partial charge in [-0.15, -0.1) is 0 Å². The summed E-state index contributed by atoms with van der Waals surface area (Å²) in [6.45, 7) is 1.15. The van der Waals surface area contributed by atoms with E-state index in [-0.39, 0.29) is 58.0 Å². The summed E-state index contributed by atoms with van der Waals surface area (Å²) in [5.74, 6) is -9.43. The molecule has 9 heteroatoms. The molecule has 0 saturated carbocycles. The van der Waals surface area contributed by atoms with Gasteiger partial charge in [0, 0.05) is 0 Å². The van der Waals surface area contributed by atoms with Crippen molar-refractivity contribution in [2.24, 2.45) is 0 Å². The Kier molecular flexibility index (Phi) is 7.93. The van der Waals surface area contributed by atoms with Crippen LogP contribution < -0.4 is 56.5 Å². The SMILES string of the molecule is CCO/C([O-])=C(\C#N)c1c(F)c(F)c(C#N)c(F)c1F.[K+]. The topological polar surface area (TPSA) is 79.9 Å². The van der Waals surface area contributed by atoms with E-state index >= 15 is 0 Å². The maximum Gasteiger partial charge on any atom is 1.00 e. The molecule has 0 radical (unpaired) electrons. The molecule has 1 aromatic carbocycles. The number of halogens is 4. The zero-order chi connectivity index (χ0) is 15.4. The zero-order valence-corrected chi connectivity index (χ0v) is 14.1. The number of nitriles is 2. The average molecular weight is 324 g/mol. The van der Waals surface area contributed by atoms with Gasteiger partial charge in [0.1, 0.15) is 17.7 Å². The molecular formula is C12H5F4KN2O2. The van der Waals surface area contributed by atoms with Crippen LogP contribution in [0.3, 0.4) is 0 Å². The van der Waals surface area contributed by atoms with Gasteiger partial charge >= 0.3 is 51.4 Å². The van der Waals surface area contributed by atoms with Crippen LogP contribution in [-0.2, 0) is 4.74 Å². The minimum absolute atomic E-state index is 0. The van der Waals surface area contributed by atoms with Gasteiger partial charge in [0.2, 0.25) is 0 Å². The van der Waals surface area contributed by atoms with E-state index in [0.29, 0.717) is 0 Å². The van der Waals surface area contributed by atoms with Crippen molar-refractivity contribution in [3.63, 3.8) is 0 Å². The fourth-order valence-electron chi connectivity index (χ4n) is 1.36. The monoisotopic (exact) mass is 324 g/mol. The second kappa shape index (κ2) is 8.37. The Morgan fingerprint density at radius 2 is 1.57 bits per heavy atom. The molecule has 0 N–H and O–H groups in total. The van der Waals surface area contributed by atoms with Gasteiger partial charge in [0.25, 0.3) is 0 Å². The van der Waals surface area contributed by atoms with Crippen LogP contribution >= 0.6 is 0 Å². The molecule has 4 nitrogen and oxygen atoms in total. The van der Waals surface area contributed by atoms with Gasteiger partial charge in [-0.2, -0.15) is 10.5 Å². The predicted molar refractivity (Wildman–Crippen MR) is 55.1 cm³/mol. The van der Waals surface area contributed by atoms with Crippen molar-refractivity contribution in [1.82, 2.24) is 0 Å². The van der Waals surface area contributed by atoms with Crippen molar-refractivity contribution in [1.29, 1.82) is 10.5 Å². The Balaban J connectivity index is 0.00000400. The molecule has 0 heterocycles. The number of allylic oxidation sites excluding steroid dienone is 1. The fraction of sp³-hybridized carbons (Fsp3) is 0.167. The largest absolute Gasteiger partial charge is 1.00 e. The second-order valence-electron chi connectivity index (χ2n) is 3.33. The molecular weight excluding hydrogens is 319 g/mol. The second-order valence-corrected chi connectivity index (χ2v) is 3.33. The number of benzene rings is 1. The first-order valence-corrected chi connectivity index (χ1v) is 5.11. The first-order chi connectivity index (χ1) is 9.40. The minimum Gasteiger partial charge on any atom is -0.613 e. The molecule has 0 saturated heterocycles. The summed E-state index contributed by atoms with van der Waals surface area (Å²) in [5, 5.41) is 28.4. The molecule has 0 atom stereocenters. The van der Waals surface area contributed by atoms with Crippen LogP contribution in [0, 0.1) is 45.9 Å². The van der Waals surface area contributed by atoms with Crippen LogP contribution in [0.25, 0.3) is 5.57 Å². The third kappa shape index (κ3) is 3.76. The first kappa shape index (κ1) is 19.9. The maximum absolute atomic E-state index is 13.6. The molecule has 0 unspecified atom stereocenters. The van der Waals surface area contributed by atoms with Crippen molar-refractivity contribution < 1.29 is 78.8 Å². The molecule has 0 fully saturated rings. The van der Waals surface area contributed by atoms with E-state index in [1.807, 2.05) is 0 Å². The number of ether oxygens (including phenoxy) is 1. The molecule has 0 amide bonds. The molecule has 0 bridgehead atoms. The van der Waals surface area contributed by atoms with Crippen LogP contribution in [0.1, 0.15) is 18.1 Å². The van der Waals surface area contributed by atoms with Crippen molar-refractivity contribution >= 4 is 5.57 Å². The molecule has 1 rings (SSSR count). The van der Waals surface area contributed by atoms with Gasteiger partial charge in [-0.3, -0.25) is 0 Å². The average Bonchev–Trinajstić information content (AvgIpc) is 2.42. The molecule has 0 spiro atoms. The smallest absolute Gasteiger partial charge is 0.613 e. The van der Waals surface area contributed by atoms with E-state index in [4.69, 9.17) is 10.5 Å². The quantitative estimate of drug-likeness (QED) is 0.228. The summed E-state index contributed by atoms with van der Waals surface area (Å²) in [6.07, 6.45) is 0. The van der Waals surface area contributed by atoms with Crippen molar-refractivity contribution in [3.05, 3.63) is 40.3 Å². The van der Waals surface area contributed by atoms with E-state index in [1.54, 1.807) is 0 Å². The summed E-state index contributed by atoms with van der Waals surface area (Å²) >= 11 is 0. The van der Waals surface area contributed by atoms with Gasteiger partial charge in [0.05, 0.1) is 17.1 Å². The van der Waals surface area contributed by atoms with Crippen molar-refractivity contribution in [2.75, 3.05) is 6.61 Å². The van der Waals surface area contributed by atoms with Gasteiger partial charge in [-0.1, -0.05) is 6.92 Å². The van der Waals surface area contributed by atoms with Gasteiger partial charge in [-0.25, -0.2) is 17.6 Å². The number of hydrogen-bond donors (Lipinski definition) is 0. The Morgan fingerprint density at radius 1 is 1.10 bits per heavy atom. The maximum atomic E-state index is 13.6. The Labute approximate surface area is 159 Å². The Bertz CT molecular complexity index is 648. The summed E-state index contributed by atoms with van der Waals surface area (Å²) in [5.41, 5.74) is -4.21. The van der Waals surface area contributed by atoms with Crippen LogP contribution in [0.2, 0.25) is 0 Å². The van der Waals surface area contributed by atoms with Crippen molar-refractivity contribution in [3.8, 4) is 12.1 Å². The Hall–Kier alpha value is -1.10. The standard InChI is InChI=1S/C12H6F4N2O2.K/c1-2-20-12(19)5(3-17)7-10(15)8(13)6(4-18)9(14)11(7)16;/h19H,2H2,1H3;/q;+1/p-1/b12-5+;. The van der Waals surface area contributed by atoms with Crippen molar-refractivity contribution in [2.45, 2.75) is 6.92 Å². The Morgan fingerprint density at radius 3 is 1.90 bits per heavy atom. The van der Waals surface area contributed by atoms with Gasteiger partial charge in [-0.05, 0) is 6.61 Å². The van der Waals surface area contributed by atoms with E-state index in [1.165, 1.54) is 6.92 Å². The van der Waals surface area contributed by atoms with E-state index in [2.05, 4.69) is 4.74 Å². The number of hydrogen-bond acceptors (Lipinski definition) is 4. The summed E-state index contributed by atoms with van der Waals surface area (Å²) in [4.78, 5) is 0. The zero-order valence-electron chi connectivity index (χ0n) is 10.9. The molecule has 1 aromatic rings. The number of nitrogens with zero attached hydrogens (tertiary/aromatic N) is 2. The van der Waals surface area contributed by atoms with Crippen LogP contribution in [-0.4, -0.2) is 6.61 Å². The summed E-state index contributed by atoms with van der Waals surface area (Å²) in [6, 6.07) is 2.07. The van der Waals surface area contributed by atoms with Crippen LogP contribution in [0.4, 0.5) is 17.6 Å².